The number of nitrogens with one attached hydrogen (secondary N) is 1. The van der Waals surface area contributed by atoms with Gasteiger partial charge in [0.1, 0.15) is 0 Å². The maximum Gasteiger partial charge on any atom is 0.0193 e. The minimum absolute atomic E-state index is 0.747. The molecule has 0 aromatic carbocycles. The molecule has 1 heterocycles. The molecule has 2 heteroatoms. The largest absolute Gasteiger partial charge is 0.311 e. The van der Waals surface area contributed by atoms with E-state index in [2.05, 4.69) is 24.1 Å². The van der Waals surface area contributed by atoms with E-state index in [1.807, 2.05) is 0 Å². The molecule has 0 spiro atoms. The Morgan fingerprint density at radius 2 is 1.88 bits per heavy atom. The zero-order valence-corrected chi connectivity index (χ0v) is 11.8. The van der Waals surface area contributed by atoms with Gasteiger partial charge < -0.3 is 5.32 Å². The predicted octanol–water partition coefficient (Wildman–Crippen LogP) is 3.03. The molecule has 17 heavy (non-hydrogen) atoms. The van der Waals surface area contributed by atoms with Crippen LogP contribution in [-0.2, 0) is 0 Å². The molecule has 1 saturated carbocycles. The van der Waals surface area contributed by atoms with Gasteiger partial charge in [-0.1, -0.05) is 26.7 Å². The molecule has 100 valence electrons. The summed E-state index contributed by atoms with van der Waals surface area (Å²) in [6.07, 6.45) is 10.0. The van der Waals surface area contributed by atoms with E-state index >= 15 is 0 Å². The van der Waals surface area contributed by atoms with Crippen LogP contribution in [-0.4, -0.2) is 36.6 Å². The van der Waals surface area contributed by atoms with Crippen molar-refractivity contribution in [2.75, 3.05) is 19.6 Å². The van der Waals surface area contributed by atoms with Crippen LogP contribution in [0.5, 0.6) is 0 Å². The fourth-order valence-electron chi connectivity index (χ4n) is 3.66. The predicted molar refractivity (Wildman–Crippen MR) is 74.3 cm³/mol. The molecule has 0 aromatic rings. The van der Waals surface area contributed by atoms with Crippen molar-refractivity contribution in [2.24, 2.45) is 5.92 Å². The summed E-state index contributed by atoms with van der Waals surface area (Å²) in [7, 11) is 0. The SMILES string of the molecule is CCCC1CCC(N2CCNC(CC)C2)CC1. The molecule has 2 rings (SSSR count). The van der Waals surface area contributed by atoms with E-state index in [1.165, 1.54) is 64.6 Å². The molecular formula is C15H30N2. The summed E-state index contributed by atoms with van der Waals surface area (Å²) in [5.74, 6) is 1.04. The lowest BCUT2D eigenvalue weighted by Crippen LogP contribution is -2.54. The first kappa shape index (κ1) is 13.4. The Hall–Kier alpha value is -0.0800. The number of hydrogen-bond donors (Lipinski definition) is 1. The zero-order chi connectivity index (χ0) is 12.1. The highest BCUT2D eigenvalue weighted by atomic mass is 15.2. The van der Waals surface area contributed by atoms with E-state index in [9.17, 15) is 0 Å². The number of nitrogens with zero attached hydrogens (tertiary/aromatic N) is 1. The molecule has 2 aliphatic rings. The van der Waals surface area contributed by atoms with Gasteiger partial charge in [-0.05, 0) is 38.0 Å². The second kappa shape index (κ2) is 6.75. The van der Waals surface area contributed by atoms with E-state index in [-0.39, 0.29) is 0 Å². The van der Waals surface area contributed by atoms with Crippen molar-refractivity contribution < 1.29 is 0 Å². The van der Waals surface area contributed by atoms with Crippen molar-refractivity contribution in [3.05, 3.63) is 0 Å². The maximum atomic E-state index is 3.63. The summed E-state index contributed by atoms with van der Waals surface area (Å²) >= 11 is 0. The Labute approximate surface area is 107 Å². The van der Waals surface area contributed by atoms with Crippen LogP contribution in [0.2, 0.25) is 0 Å². The molecule has 0 amide bonds. The number of hydrogen-bond acceptors (Lipinski definition) is 2. The van der Waals surface area contributed by atoms with Gasteiger partial charge in [0, 0.05) is 31.7 Å². The molecule has 0 bridgehead atoms. The van der Waals surface area contributed by atoms with Gasteiger partial charge in [0.25, 0.3) is 0 Å². The molecule has 1 atom stereocenters. The van der Waals surface area contributed by atoms with Crippen LogP contribution in [0.3, 0.4) is 0 Å². The summed E-state index contributed by atoms with van der Waals surface area (Å²) in [5, 5.41) is 3.63. The van der Waals surface area contributed by atoms with Gasteiger partial charge in [0.05, 0.1) is 0 Å². The Kier molecular flexibility index (Phi) is 5.30. The topological polar surface area (TPSA) is 15.3 Å². The Morgan fingerprint density at radius 1 is 1.12 bits per heavy atom. The lowest BCUT2D eigenvalue weighted by molar-refractivity contribution is 0.0992. The van der Waals surface area contributed by atoms with Gasteiger partial charge >= 0.3 is 0 Å². The van der Waals surface area contributed by atoms with E-state index < -0.39 is 0 Å². The lowest BCUT2D eigenvalue weighted by atomic mass is 9.82. The summed E-state index contributed by atoms with van der Waals surface area (Å²) in [4.78, 5) is 2.77. The van der Waals surface area contributed by atoms with E-state index in [1.54, 1.807) is 0 Å². The summed E-state index contributed by atoms with van der Waals surface area (Å²) in [6, 6.07) is 1.65. The fourth-order valence-corrected chi connectivity index (χ4v) is 3.66. The molecule has 2 fully saturated rings. The molecule has 0 aromatic heterocycles. The van der Waals surface area contributed by atoms with Crippen LogP contribution in [0.15, 0.2) is 0 Å². The van der Waals surface area contributed by atoms with Crippen molar-refractivity contribution in [2.45, 2.75) is 70.9 Å². The van der Waals surface area contributed by atoms with Gasteiger partial charge in [-0.15, -0.1) is 0 Å². The van der Waals surface area contributed by atoms with Crippen molar-refractivity contribution in [1.82, 2.24) is 10.2 Å². The van der Waals surface area contributed by atoms with Gasteiger partial charge in [0.2, 0.25) is 0 Å². The second-order valence-electron chi connectivity index (χ2n) is 6.02. The maximum absolute atomic E-state index is 3.63. The first-order valence-electron chi connectivity index (χ1n) is 7.80. The van der Waals surface area contributed by atoms with Crippen LogP contribution in [0, 0.1) is 5.92 Å². The highest BCUT2D eigenvalue weighted by Crippen LogP contribution is 2.30. The third-order valence-electron chi connectivity index (χ3n) is 4.81. The van der Waals surface area contributed by atoms with Crippen molar-refractivity contribution in [1.29, 1.82) is 0 Å². The van der Waals surface area contributed by atoms with E-state index in [4.69, 9.17) is 0 Å². The highest BCUT2D eigenvalue weighted by Gasteiger charge is 2.28. The summed E-state index contributed by atoms with van der Waals surface area (Å²) < 4.78 is 0. The standard InChI is InChI=1S/C15H30N2/c1-3-5-13-6-8-15(9-7-13)17-11-10-16-14(4-2)12-17/h13-16H,3-12H2,1-2H3. The minimum Gasteiger partial charge on any atom is -0.311 e. The number of rotatable bonds is 4. The first-order chi connectivity index (χ1) is 8.33. The van der Waals surface area contributed by atoms with Crippen LogP contribution >= 0.6 is 0 Å². The molecule has 1 N–H and O–H groups in total. The van der Waals surface area contributed by atoms with Crippen LogP contribution < -0.4 is 5.32 Å². The van der Waals surface area contributed by atoms with Crippen molar-refractivity contribution in [3.8, 4) is 0 Å². The minimum atomic E-state index is 0.747. The highest BCUT2D eigenvalue weighted by molar-refractivity contribution is 4.85. The molecule has 0 radical (unpaired) electrons. The molecular weight excluding hydrogens is 208 g/mol. The van der Waals surface area contributed by atoms with Crippen LogP contribution in [0.25, 0.3) is 0 Å². The van der Waals surface area contributed by atoms with Crippen LogP contribution in [0.4, 0.5) is 0 Å². The molecule has 1 unspecified atom stereocenters. The number of piperazine rings is 1. The summed E-state index contributed by atoms with van der Waals surface area (Å²) in [6.45, 7) is 8.40. The smallest absolute Gasteiger partial charge is 0.0193 e. The fraction of sp³-hybridized carbons (Fsp3) is 1.00. The van der Waals surface area contributed by atoms with E-state index in [0.717, 1.165) is 18.0 Å². The Balaban J connectivity index is 1.76. The summed E-state index contributed by atoms with van der Waals surface area (Å²) in [5.41, 5.74) is 0. The van der Waals surface area contributed by atoms with E-state index in [0.29, 0.717) is 0 Å². The Morgan fingerprint density at radius 3 is 2.53 bits per heavy atom. The molecule has 1 saturated heterocycles. The van der Waals surface area contributed by atoms with Gasteiger partial charge in [0.15, 0.2) is 0 Å². The van der Waals surface area contributed by atoms with Crippen LogP contribution in [0.1, 0.15) is 58.8 Å². The van der Waals surface area contributed by atoms with Gasteiger partial charge in [-0.2, -0.15) is 0 Å². The lowest BCUT2D eigenvalue weighted by Gasteiger charge is -2.41. The normalized spacial score (nSPS) is 36.0. The zero-order valence-electron chi connectivity index (χ0n) is 11.8. The van der Waals surface area contributed by atoms with Crippen molar-refractivity contribution >= 4 is 0 Å². The molecule has 2 nitrogen and oxygen atoms in total. The second-order valence-corrected chi connectivity index (χ2v) is 6.02. The quantitative estimate of drug-likeness (QED) is 0.810. The molecule has 1 aliphatic heterocycles. The monoisotopic (exact) mass is 238 g/mol. The average molecular weight is 238 g/mol. The Bertz CT molecular complexity index is 209. The third kappa shape index (κ3) is 3.69. The third-order valence-corrected chi connectivity index (χ3v) is 4.81. The van der Waals surface area contributed by atoms with Crippen molar-refractivity contribution in [3.63, 3.8) is 0 Å². The average Bonchev–Trinajstić information content (AvgIpc) is 2.40. The van der Waals surface area contributed by atoms with Gasteiger partial charge in [-0.25, -0.2) is 0 Å². The van der Waals surface area contributed by atoms with Gasteiger partial charge in [-0.3, -0.25) is 4.90 Å². The first-order valence-corrected chi connectivity index (χ1v) is 7.80. The molecule has 1 aliphatic carbocycles.